The molecule has 0 aromatic heterocycles. The number of nitrogens with one attached hydrogen (secondary N) is 1. The summed E-state index contributed by atoms with van der Waals surface area (Å²) in [7, 11) is 1.65. The van der Waals surface area contributed by atoms with E-state index in [2.05, 4.69) is 30.1 Å². The van der Waals surface area contributed by atoms with Gasteiger partial charge in [0.05, 0.1) is 12.8 Å². The van der Waals surface area contributed by atoms with Crippen LogP contribution in [0.3, 0.4) is 0 Å². The van der Waals surface area contributed by atoms with Crippen molar-refractivity contribution in [3.63, 3.8) is 0 Å². The maximum Gasteiger partial charge on any atom is 0.317 e. The summed E-state index contributed by atoms with van der Waals surface area (Å²) in [4.78, 5) is 16.2. The fraction of sp³-hybridized carbons (Fsp3) is 0.588. The van der Waals surface area contributed by atoms with Gasteiger partial charge >= 0.3 is 6.03 Å². The van der Waals surface area contributed by atoms with Crippen molar-refractivity contribution in [2.75, 3.05) is 44.7 Å². The molecule has 1 N–H and O–H groups in total. The number of anilines is 1. The van der Waals surface area contributed by atoms with Crippen LogP contribution in [0.25, 0.3) is 0 Å². The molecule has 0 bridgehead atoms. The van der Waals surface area contributed by atoms with Gasteiger partial charge in [0.25, 0.3) is 0 Å². The molecule has 128 valence electrons. The maximum atomic E-state index is 12.1. The predicted octanol–water partition coefficient (Wildman–Crippen LogP) is 3.14. The zero-order chi connectivity index (χ0) is 17.0. The van der Waals surface area contributed by atoms with Gasteiger partial charge in [-0.15, -0.1) is 0 Å². The second-order valence-electron chi connectivity index (χ2n) is 6.33. The van der Waals surface area contributed by atoms with E-state index in [1.807, 2.05) is 17.9 Å². The molecule has 5 nitrogen and oxygen atoms in total. The molecule has 2 amide bonds. The first-order valence-corrected chi connectivity index (χ1v) is 8.42. The number of carbonyl (C=O) groups is 1. The van der Waals surface area contributed by atoms with Crippen LogP contribution in [0.15, 0.2) is 12.1 Å². The van der Waals surface area contributed by atoms with E-state index in [0.29, 0.717) is 30.6 Å². The number of methoxy groups -OCH3 is 1. The number of carbonyl (C=O) groups excluding carboxylic acids is 1. The lowest BCUT2D eigenvalue weighted by Crippen LogP contribution is -2.52. The third-order valence-electron chi connectivity index (χ3n) is 4.03. The Morgan fingerprint density at radius 2 is 1.96 bits per heavy atom. The molecule has 1 saturated heterocycles. The highest BCUT2D eigenvalue weighted by atomic mass is 35.5. The molecule has 1 aromatic rings. The van der Waals surface area contributed by atoms with E-state index in [9.17, 15) is 4.79 Å². The van der Waals surface area contributed by atoms with Crippen LogP contribution < -0.4 is 15.0 Å². The summed E-state index contributed by atoms with van der Waals surface area (Å²) in [5.74, 6) is 1.24. The van der Waals surface area contributed by atoms with Gasteiger partial charge in [0.15, 0.2) is 0 Å². The molecule has 1 aliphatic rings. The third kappa shape index (κ3) is 4.44. The van der Waals surface area contributed by atoms with Crippen LogP contribution in [-0.4, -0.2) is 50.8 Å². The molecule has 0 saturated carbocycles. The van der Waals surface area contributed by atoms with Crippen molar-refractivity contribution in [1.82, 2.24) is 10.2 Å². The summed E-state index contributed by atoms with van der Waals surface area (Å²) in [6.07, 6.45) is 0. The molecule has 0 aliphatic carbocycles. The second-order valence-corrected chi connectivity index (χ2v) is 6.73. The number of hydrogen-bond donors (Lipinski definition) is 1. The molecule has 0 spiro atoms. The minimum absolute atomic E-state index is 0.0256. The normalized spacial score (nSPS) is 15.0. The lowest BCUT2D eigenvalue weighted by atomic mass is 10.1. The second kappa shape index (κ2) is 7.77. The number of rotatable bonds is 4. The van der Waals surface area contributed by atoms with Gasteiger partial charge < -0.3 is 19.9 Å². The van der Waals surface area contributed by atoms with E-state index >= 15 is 0 Å². The monoisotopic (exact) mass is 339 g/mol. The summed E-state index contributed by atoms with van der Waals surface area (Å²) in [5, 5.41) is 3.68. The quantitative estimate of drug-likeness (QED) is 0.916. The number of ether oxygens (including phenoxy) is 1. The molecular formula is C17H26ClN3O2. The Morgan fingerprint density at radius 1 is 1.30 bits per heavy atom. The number of hydrogen-bond acceptors (Lipinski definition) is 3. The van der Waals surface area contributed by atoms with E-state index < -0.39 is 0 Å². The van der Waals surface area contributed by atoms with Gasteiger partial charge in [0, 0.05) is 43.8 Å². The minimum Gasteiger partial charge on any atom is -0.495 e. The van der Waals surface area contributed by atoms with Crippen molar-refractivity contribution in [3.05, 3.63) is 22.7 Å². The molecule has 0 radical (unpaired) electrons. The van der Waals surface area contributed by atoms with Gasteiger partial charge in [-0.05, 0) is 24.5 Å². The van der Waals surface area contributed by atoms with Crippen molar-refractivity contribution >= 4 is 23.3 Å². The summed E-state index contributed by atoms with van der Waals surface area (Å²) >= 11 is 6.17. The number of benzene rings is 1. The Labute approximate surface area is 143 Å². The van der Waals surface area contributed by atoms with E-state index in [1.54, 1.807) is 7.11 Å². The van der Waals surface area contributed by atoms with Crippen LogP contribution >= 0.6 is 11.6 Å². The average Bonchev–Trinajstić information content (AvgIpc) is 2.54. The molecule has 2 rings (SSSR count). The summed E-state index contributed by atoms with van der Waals surface area (Å²) in [6.45, 7) is 9.85. The van der Waals surface area contributed by atoms with Gasteiger partial charge in [0.2, 0.25) is 0 Å². The maximum absolute atomic E-state index is 12.1. The first-order chi connectivity index (χ1) is 10.9. The van der Waals surface area contributed by atoms with E-state index in [-0.39, 0.29) is 6.03 Å². The van der Waals surface area contributed by atoms with Crippen molar-refractivity contribution in [2.45, 2.75) is 20.8 Å². The van der Waals surface area contributed by atoms with Crippen molar-refractivity contribution in [3.8, 4) is 5.75 Å². The van der Waals surface area contributed by atoms with Gasteiger partial charge in [-0.1, -0.05) is 25.4 Å². The average molecular weight is 340 g/mol. The highest BCUT2D eigenvalue weighted by molar-refractivity contribution is 6.31. The Balaban J connectivity index is 1.99. The fourth-order valence-electron chi connectivity index (χ4n) is 2.61. The lowest BCUT2D eigenvalue weighted by molar-refractivity contribution is 0.193. The standard InChI is InChI=1S/C17H26ClN3O2/c1-12(2)11-19-17(22)21-7-5-20(6-8-21)15-9-13(3)14(18)10-16(15)23-4/h9-10,12H,5-8,11H2,1-4H3,(H,19,22). The van der Waals surface area contributed by atoms with Gasteiger partial charge in [-0.2, -0.15) is 0 Å². The molecule has 0 atom stereocenters. The van der Waals surface area contributed by atoms with Crippen LogP contribution in [0.5, 0.6) is 5.75 Å². The van der Waals surface area contributed by atoms with E-state index in [0.717, 1.165) is 30.1 Å². The highest BCUT2D eigenvalue weighted by Crippen LogP contribution is 2.34. The molecule has 23 heavy (non-hydrogen) atoms. The molecule has 1 aliphatic heterocycles. The molecule has 1 fully saturated rings. The third-order valence-corrected chi connectivity index (χ3v) is 4.44. The zero-order valence-corrected chi connectivity index (χ0v) is 15.1. The molecule has 6 heteroatoms. The van der Waals surface area contributed by atoms with Gasteiger partial charge in [0.1, 0.15) is 5.75 Å². The Kier molecular flexibility index (Phi) is 5.99. The first kappa shape index (κ1) is 17.7. The first-order valence-electron chi connectivity index (χ1n) is 8.04. The summed E-state index contributed by atoms with van der Waals surface area (Å²) in [5.41, 5.74) is 2.07. The smallest absolute Gasteiger partial charge is 0.317 e. The fourth-order valence-corrected chi connectivity index (χ4v) is 2.77. The summed E-state index contributed by atoms with van der Waals surface area (Å²) < 4.78 is 5.45. The number of nitrogens with zero attached hydrogens (tertiary/aromatic N) is 2. The Morgan fingerprint density at radius 3 is 2.52 bits per heavy atom. The summed E-state index contributed by atoms with van der Waals surface area (Å²) in [6, 6.07) is 3.93. The predicted molar refractivity (Wildman–Crippen MR) is 94.8 cm³/mol. The van der Waals surface area contributed by atoms with Crippen LogP contribution in [0.4, 0.5) is 10.5 Å². The van der Waals surface area contributed by atoms with Crippen molar-refractivity contribution in [1.29, 1.82) is 0 Å². The Bertz CT molecular complexity index is 555. The van der Waals surface area contributed by atoms with Crippen molar-refractivity contribution in [2.24, 2.45) is 5.92 Å². The molecule has 1 heterocycles. The lowest BCUT2D eigenvalue weighted by Gasteiger charge is -2.36. The molecule has 0 unspecified atom stereocenters. The number of amides is 2. The topological polar surface area (TPSA) is 44.8 Å². The Hall–Kier alpha value is -1.62. The van der Waals surface area contributed by atoms with Crippen LogP contribution in [0.2, 0.25) is 5.02 Å². The zero-order valence-electron chi connectivity index (χ0n) is 14.4. The van der Waals surface area contributed by atoms with Gasteiger partial charge in [-0.3, -0.25) is 0 Å². The number of halogens is 1. The molecule has 1 aromatic carbocycles. The van der Waals surface area contributed by atoms with E-state index in [4.69, 9.17) is 16.3 Å². The van der Waals surface area contributed by atoms with Crippen LogP contribution in [0, 0.1) is 12.8 Å². The van der Waals surface area contributed by atoms with E-state index in [1.165, 1.54) is 0 Å². The number of urea groups is 1. The minimum atomic E-state index is 0.0256. The highest BCUT2D eigenvalue weighted by Gasteiger charge is 2.23. The largest absolute Gasteiger partial charge is 0.495 e. The number of aryl methyl sites for hydroxylation is 1. The van der Waals surface area contributed by atoms with Crippen molar-refractivity contribution < 1.29 is 9.53 Å². The van der Waals surface area contributed by atoms with Gasteiger partial charge in [-0.25, -0.2) is 4.79 Å². The van der Waals surface area contributed by atoms with Crippen LogP contribution in [-0.2, 0) is 0 Å². The van der Waals surface area contributed by atoms with Crippen LogP contribution in [0.1, 0.15) is 19.4 Å². The SMILES string of the molecule is COc1cc(Cl)c(C)cc1N1CCN(C(=O)NCC(C)C)CC1. The number of piperazine rings is 1. The molecular weight excluding hydrogens is 314 g/mol.